The van der Waals surface area contributed by atoms with Crippen LogP contribution in [0.25, 0.3) is 27.5 Å². The molecular formula is C30H19B5N2OP-. The maximum atomic E-state index is 7.08. The zero-order chi connectivity index (χ0) is 25.1. The molecule has 5 aromatic carbocycles. The van der Waals surface area contributed by atoms with Crippen molar-refractivity contribution in [2.75, 3.05) is 5.09 Å². The molecule has 2 radical (unpaired) electrons. The summed E-state index contributed by atoms with van der Waals surface area (Å²) >= 11 is 0. The van der Waals surface area contributed by atoms with Crippen LogP contribution in [0.4, 0.5) is 5.69 Å². The van der Waals surface area contributed by atoms with Crippen molar-refractivity contribution in [3.63, 3.8) is 0 Å². The Hall–Kier alpha value is -3.75. The van der Waals surface area contributed by atoms with E-state index in [1.54, 1.807) is 0 Å². The predicted octanol–water partition coefficient (Wildman–Crippen LogP) is 3.79. The number of benzene rings is 5. The van der Waals surface area contributed by atoms with Crippen molar-refractivity contribution in [2.24, 2.45) is 0 Å². The third-order valence-corrected chi connectivity index (χ3v) is 17.6. The standard InChI is InChI=1S/C30H19B5N2OP/c1-2-10-19(11-3-1)36-39(33-31-34(39)35(33)39)27-18-21-20-12-4-7-15-24(20)37-25-16-8-5-13-22(25)32-23-14-6-9-17-26(23)38-30(27)28(32)29(21)37/h1-18,36H/q-1. The summed E-state index contributed by atoms with van der Waals surface area (Å²) in [5.74, 6) is 2.14. The molecule has 3 nitrogen and oxygen atoms in total. The van der Waals surface area contributed by atoms with Crippen LogP contribution in [0.5, 0.6) is 11.5 Å². The SMILES string of the molecule is [B-]1B2B3B1P23(Nc1ccccc1)c1cc2c3ccccc3n3c2c2c1Oc1ccccc1B2c1ccccc1-3. The van der Waals surface area contributed by atoms with E-state index < -0.39 is 6.39 Å². The molecule has 7 heterocycles. The second-order valence-corrected chi connectivity index (χ2v) is 17.2. The molecule has 9 heteroatoms. The van der Waals surface area contributed by atoms with E-state index in [0.29, 0.717) is 12.4 Å². The summed E-state index contributed by atoms with van der Waals surface area (Å²) in [5.41, 5.74) is 9.14. The summed E-state index contributed by atoms with van der Waals surface area (Å²) in [6.45, 7) is 0.161. The number of hydrogen-bond acceptors (Lipinski definition) is 2. The summed E-state index contributed by atoms with van der Waals surface area (Å²) in [6, 6.07) is 40.1. The van der Waals surface area contributed by atoms with E-state index in [9.17, 15) is 0 Å². The van der Waals surface area contributed by atoms with Gasteiger partial charge in [0.2, 0.25) is 0 Å². The summed E-state index contributed by atoms with van der Waals surface area (Å²) in [4.78, 5) is 0. The van der Waals surface area contributed by atoms with Crippen molar-refractivity contribution in [1.82, 2.24) is 4.57 Å². The van der Waals surface area contributed by atoms with E-state index in [-0.39, 0.29) is 6.71 Å². The molecule has 0 unspecified atom stereocenters. The minimum absolute atomic E-state index is 0.161. The van der Waals surface area contributed by atoms with Crippen LogP contribution < -0.4 is 31.5 Å². The van der Waals surface area contributed by atoms with Gasteiger partial charge in [0.25, 0.3) is 0 Å². The van der Waals surface area contributed by atoms with E-state index in [0.717, 1.165) is 17.7 Å². The van der Waals surface area contributed by atoms with E-state index in [4.69, 9.17) is 4.74 Å². The first kappa shape index (κ1) is 20.2. The van der Waals surface area contributed by atoms with Gasteiger partial charge in [0.1, 0.15) is 0 Å². The monoisotopic (exact) mass is 509 g/mol. The number of rotatable bonds is 3. The summed E-state index contributed by atoms with van der Waals surface area (Å²) in [5, 5.41) is 8.44. The summed E-state index contributed by atoms with van der Waals surface area (Å²) in [7, 11) is 2.60. The van der Waals surface area contributed by atoms with Crippen molar-refractivity contribution in [2.45, 2.75) is 0 Å². The predicted molar refractivity (Wildman–Crippen MR) is 172 cm³/mol. The van der Waals surface area contributed by atoms with Crippen molar-refractivity contribution < 1.29 is 4.74 Å². The fraction of sp³-hybridized carbons (Fsp3) is 0. The average molecular weight is 509 g/mol. The number of nitrogens with one attached hydrogen (secondary N) is 1. The minimum atomic E-state index is -2.35. The average Bonchev–Trinajstić information content (AvgIpc) is 3.55. The number of ether oxygens (including phenoxy) is 1. The zero-order valence-electron chi connectivity index (χ0n) is 21.1. The molecule has 12 rings (SSSR count). The Morgan fingerprint density at radius 3 is 2.28 bits per heavy atom. The molecule has 0 spiro atoms. The fourth-order valence-electron chi connectivity index (χ4n) is 8.93. The second-order valence-electron chi connectivity index (χ2n) is 12.0. The van der Waals surface area contributed by atoms with Gasteiger partial charge in [0, 0.05) is 0 Å². The topological polar surface area (TPSA) is 26.2 Å². The molecule has 0 aliphatic carbocycles. The van der Waals surface area contributed by atoms with Gasteiger partial charge in [-0.1, -0.05) is 0 Å². The molecule has 6 aliphatic heterocycles. The molecule has 0 amide bonds. The fourth-order valence-corrected chi connectivity index (χ4v) is 17.1. The van der Waals surface area contributed by atoms with Gasteiger partial charge in [0.15, 0.2) is 0 Å². The molecule has 0 saturated carbocycles. The molecule has 6 aliphatic rings. The Bertz CT molecular complexity index is 2110. The van der Waals surface area contributed by atoms with E-state index >= 15 is 0 Å². The molecular weight excluding hydrogens is 489 g/mol. The van der Waals surface area contributed by atoms with Gasteiger partial charge in [-0.2, -0.15) is 0 Å². The van der Waals surface area contributed by atoms with Crippen molar-refractivity contribution in [3.05, 3.63) is 109 Å². The molecule has 39 heavy (non-hydrogen) atoms. The van der Waals surface area contributed by atoms with E-state index in [1.165, 1.54) is 54.9 Å². The van der Waals surface area contributed by atoms with Crippen molar-refractivity contribution in [3.8, 4) is 17.2 Å². The number of hydrogen-bond donors (Lipinski definition) is 1. The van der Waals surface area contributed by atoms with Gasteiger partial charge >= 0.3 is 229 Å². The van der Waals surface area contributed by atoms with Crippen LogP contribution in [0.3, 0.4) is 0 Å². The molecule has 4 fully saturated rings. The molecule has 1 N–H and O–H groups in total. The van der Waals surface area contributed by atoms with Gasteiger partial charge in [-0.15, -0.1) is 0 Å². The first-order valence-corrected chi connectivity index (χ1v) is 16.4. The Morgan fingerprint density at radius 2 is 1.46 bits per heavy atom. The van der Waals surface area contributed by atoms with E-state index in [2.05, 4.69) is 126 Å². The van der Waals surface area contributed by atoms with Crippen molar-refractivity contribution in [1.29, 1.82) is 0 Å². The Labute approximate surface area is 228 Å². The Kier molecular flexibility index (Phi) is 3.20. The Morgan fingerprint density at radius 1 is 0.744 bits per heavy atom. The third kappa shape index (κ3) is 1.95. The van der Waals surface area contributed by atoms with Crippen LogP contribution in [0.15, 0.2) is 109 Å². The quantitative estimate of drug-likeness (QED) is 0.290. The number of para-hydroxylation sites is 4. The first-order chi connectivity index (χ1) is 19.3. The van der Waals surface area contributed by atoms with Crippen LogP contribution in [0.1, 0.15) is 0 Å². The van der Waals surface area contributed by atoms with Crippen molar-refractivity contribution >= 4 is 88.0 Å². The maximum absolute atomic E-state index is 7.08. The number of aromatic nitrogens is 1. The van der Waals surface area contributed by atoms with Crippen LogP contribution in [-0.4, -0.2) is 37.0 Å². The molecule has 6 aromatic rings. The molecule has 4 saturated heterocycles. The van der Waals surface area contributed by atoms with Gasteiger partial charge < -0.3 is 0 Å². The van der Waals surface area contributed by atoms with Gasteiger partial charge in [-0.05, 0) is 0 Å². The summed E-state index contributed by atoms with van der Waals surface area (Å²) in [6.07, 6.45) is -0.201. The van der Waals surface area contributed by atoms with Crippen LogP contribution in [0.2, 0.25) is 0 Å². The van der Waals surface area contributed by atoms with Gasteiger partial charge in [-0.3, -0.25) is 0 Å². The van der Waals surface area contributed by atoms with Crippen LogP contribution >= 0.6 is 6.39 Å². The van der Waals surface area contributed by atoms with Gasteiger partial charge in [-0.25, -0.2) is 0 Å². The number of nitrogens with zero attached hydrogens (tertiary/aromatic N) is 1. The van der Waals surface area contributed by atoms with Crippen LogP contribution in [0, 0.1) is 0 Å². The molecule has 176 valence electrons. The second kappa shape index (κ2) is 6.19. The molecule has 0 atom stereocenters. The normalized spacial score (nSPS) is 19.7. The van der Waals surface area contributed by atoms with Crippen LogP contribution in [-0.2, 0) is 0 Å². The third-order valence-electron chi connectivity index (χ3n) is 10.7. The van der Waals surface area contributed by atoms with E-state index in [1.807, 2.05) is 0 Å². The Balaban J connectivity index is 1.32. The molecule has 1 aromatic heterocycles. The molecule has 2 bridgehead atoms. The van der Waals surface area contributed by atoms with Gasteiger partial charge in [0.05, 0.1) is 0 Å². The summed E-state index contributed by atoms with van der Waals surface area (Å²) < 4.78 is 9.59. The number of anilines is 1. The zero-order valence-corrected chi connectivity index (χ0v) is 22.0. The number of fused-ring (bicyclic) bond motifs is 8. The first-order valence-electron chi connectivity index (χ1n) is 14.0.